The van der Waals surface area contributed by atoms with Crippen LogP contribution < -0.4 is 5.84 Å². The fourth-order valence-electron chi connectivity index (χ4n) is 6.70. The summed E-state index contributed by atoms with van der Waals surface area (Å²) in [4.78, 5) is 0. The van der Waals surface area contributed by atoms with Gasteiger partial charge in [0.1, 0.15) is 0 Å². The second-order valence-electron chi connectivity index (χ2n) is 8.54. The van der Waals surface area contributed by atoms with Crippen LogP contribution in [0.5, 0.6) is 0 Å². The van der Waals surface area contributed by atoms with Crippen LogP contribution in [0.25, 0.3) is 0 Å². The van der Waals surface area contributed by atoms with Crippen LogP contribution in [0.1, 0.15) is 71.6 Å². The summed E-state index contributed by atoms with van der Waals surface area (Å²) in [5.74, 6) is 8.34. The van der Waals surface area contributed by atoms with Gasteiger partial charge in [0.05, 0.1) is 0 Å². The monoisotopic (exact) mass is 286 g/mol. The molecule has 0 aromatic heterocycles. The Balaban J connectivity index is 1.70. The number of rotatable bonds is 0. The maximum absolute atomic E-state index is 5.70. The van der Waals surface area contributed by atoms with Gasteiger partial charge in [0.15, 0.2) is 0 Å². The van der Waals surface area contributed by atoms with Crippen molar-refractivity contribution in [1.82, 2.24) is 0 Å². The Morgan fingerprint density at radius 2 is 1.86 bits per heavy atom. The Hall–Kier alpha value is -0.790. The molecule has 0 amide bonds. The molecule has 0 heterocycles. The van der Waals surface area contributed by atoms with Gasteiger partial charge in [0, 0.05) is 11.1 Å². The summed E-state index contributed by atoms with van der Waals surface area (Å²) in [5.41, 5.74) is 3.95. The molecule has 4 aliphatic carbocycles. The van der Waals surface area contributed by atoms with Crippen LogP contribution >= 0.6 is 0 Å². The van der Waals surface area contributed by atoms with Gasteiger partial charge in [0.2, 0.25) is 0 Å². The summed E-state index contributed by atoms with van der Waals surface area (Å²) < 4.78 is 0. The number of fused-ring (bicyclic) bond motifs is 5. The summed E-state index contributed by atoms with van der Waals surface area (Å²) in [6.07, 6.45) is 14.8. The quantitative estimate of drug-likeness (QED) is 0.393. The Morgan fingerprint density at radius 3 is 2.67 bits per heavy atom. The first-order chi connectivity index (χ1) is 10.1. The van der Waals surface area contributed by atoms with Crippen molar-refractivity contribution < 1.29 is 0 Å². The van der Waals surface area contributed by atoms with Gasteiger partial charge in [-0.2, -0.15) is 5.10 Å². The van der Waals surface area contributed by atoms with Crippen LogP contribution in [0.3, 0.4) is 0 Å². The van der Waals surface area contributed by atoms with Gasteiger partial charge in [-0.25, -0.2) is 0 Å². The molecular formula is C19H30N2. The average molecular weight is 286 g/mol. The maximum Gasteiger partial charge on any atom is 0.0437 e. The first-order valence-corrected chi connectivity index (χ1v) is 9.06. The zero-order chi connectivity index (χ0) is 14.7. The number of hydrogen-bond donors (Lipinski definition) is 1. The number of nitrogens with two attached hydrogens (primary N) is 1. The molecule has 0 aromatic rings. The van der Waals surface area contributed by atoms with E-state index >= 15 is 0 Å². The average Bonchev–Trinajstić information content (AvgIpc) is 2.83. The van der Waals surface area contributed by atoms with E-state index in [2.05, 4.69) is 25.0 Å². The van der Waals surface area contributed by atoms with E-state index in [0.29, 0.717) is 10.8 Å². The molecule has 0 aromatic carbocycles. The molecule has 21 heavy (non-hydrogen) atoms. The van der Waals surface area contributed by atoms with Gasteiger partial charge in [-0.15, -0.1) is 0 Å². The lowest BCUT2D eigenvalue weighted by molar-refractivity contribution is -0.00620. The smallest absolute Gasteiger partial charge is 0.0437 e. The van der Waals surface area contributed by atoms with Crippen LogP contribution in [0.4, 0.5) is 0 Å². The van der Waals surface area contributed by atoms with Crippen molar-refractivity contribution in [2.45, 2.75) is 71.6 Å². The molecule has 3 fully saturated rings. The fourth-order valence-corrected chi connectivity index (χ4v) is 6.70. The van der Waals surface area contributed by atoms with Gasteiger partial charge >= 0.3 is 0 Å². The van der Waals surface area contributed by atoms with E-state index in [1.807, 2.05) is 5.57 Å². The second-order valence-corrected chi connectivity index (χ2v) is 8.54. The third-order valence-electron chi connectivity index (χ3n) is 7.91. The number of hydrogen-bond acceptors (Lipinski definition) is 2. The maximum atomic E-state index is 5.70. The van der Waals surface area contributed by atoms with Gasteiger partial charge in [-0.1, -0.05) is 31.9 Å². The van der Waals surface area contributed by atoms with Crippen LogP contribution in [0.2, 0.25) is 0 Å². The zero-order valence-corrected chi connectivity index (χ0v) is 13.7. The minimum Gasteiger partial charge on any atom is -0.323 e. The van der Waals surface area contributed by atoms with Gasteiger partial charge < -0.3 is 5.84 Å². The van der Waals surface area contributed by atoms with E-state index in [1.54, 1.807) is 0 Å². The predicted octanol–water partition coefficient (Wildman–Crippen LogP) is 4.65. The number of allylic oxidation sites excluding steroid dienone is 2. The van der Waals surface area contributed by atoms with Crippen molar-refractivity contribution in [2.75, 3.05) is 0 Å². The zero-order valence-electron chi connectivity index (χ0n) is 13.7. The van der Waals surface area contributed by atoms with Gasteiger partial charge in [-0.05, 0) is 74.5 Å². The predicted molar refractivity (Wildman–Crippen MR) is 87.9 cm³/mol. The highest BCUT2D eigenvalue weighted by molar-refractivity contribution is 5.92. The van der Waals surface area contributed by atoms with E-state index in [1.165, 1.54) is 57.1 Å². The molecule has 0 aliphatic heterocycles. The first kappa shape index (κ1) is 13.8. The lowest BCUT2D eigenvalue weighted by atomic mass is 9.48. The second kappa shape index (κ2) is 4.60. The lowest BCUT2D eigenvalue weighted by Crippen LogP contribution is -2.49. The summed E-state index contributed by atoms with van der Waals surface area (Å²) in [6, 6.07) is 0. The van der Waals surface area contributed by atoms with Crippen molar-refractivity contribution in [3.63, 3.8) is 0 Å². The van der Waals surface area contributed by atoms with Gasteiger partial charge in [-0.3, -0.25) is 0 Å². The van der Waals surface area contributed by atoms with E-state index in [9.17, 15) is 0 Å². The normalized spacial score (nSPS) is 51.0. The Kier molecular flexibility index (Phi) is 3.03. The molecule has 5 atom stereocenters. The standard InChI is InChI=1S/C19H30N2/c1-18-11-4-3-5-13(18)6-7-14-15-8-9-17(21-20)19(15,2)12-10-16(14)18/h6,14-16H,3-5,7-12,20H2,1-2H3/b21-17-. The molecule has 2 N–H and O–H groups in total. The van der Waals surface area contributed by atoms with Crippen LogP contribution in [-0.2, 0) is 0 Å². The summed E-state index contributed by atoms with van der Waals surface area (Å²) in [7, 11) is 0. The molecule has 3 saturated carbocycles. The van der Waals surface area contributed by atoms with Crippen molar-refractivity contribution in [3.05, 3.63) is 11.6 Å². The highest BCUT2D eigenvalue weighted by Gasteiger charge is 2.57. The molecule has 5 unspecified atom stereocenters. The molecule has 4 rings (SSSR count). The molecular weight excluding hydrogens is 256 g/mol. The number of hydrazone groups is 1. The van der Waals surface area contributed by atoms with Crippen LogP contribution in [-0.4, -0.2) is 5.71 Å². The molecule has 2 heteroatoms. The van der Waals surface area contributed by atoms with Crippen molar-refractivity contribution in [2.24, 2.45) is 39.5 Å². The highest BCUT2D eigenvalue weighted by atomic mass is 15.1. The van der Waals surface area contributed by atoms with E-state index < -0.39 is 0 Å². The van der Waals surface area contributed by atoms with Crippen molar-refractivity contribution in [1.29, 1.82) is 0 Å². The Bertz CT molecular complexity index is 506. The molecule has 0 saturated heterocycles. The largest absolute Gasteiger partial charge is 0.323 e. The molecule has 2 nitrogen and oxygen atoms in total. The summed E-state index contributed by atoms with van der Waals surface area (Å²) in [6.45, 7) is 5.04. The minimum absolute atomic E-state index is 0.312. The number of nitrogens with zero attached hydrogens (tertiary/aromatic N) is 1. The molecule has 0 radical (unpaired) electrons. The molecule has 0 bridgehead atoms. The minimum atomic E-state index is 0.312. The molecule has 4 aliphatic rings. The third-order valence-corrected chi connectivity index (χ3v) is 7.91. The van der Waals surface area contributed by atoms with Crippen molar-refractivity contribution in [3.8, 4) is 0 Å². The third kappa shape index (κ3) is 1.74. The van der Waals surface area contributed by atoms with E-state index in [4.69, 9.17) is 5.84 Å². The SMILES string of the molecule is CC12CCCCC1=CCC1C2CCC2(C)/C(=N\N)CCC12. The Labute approximate surface area is 129 Å². The van der Waals surface area contributed by atoms with E-state index in [0.717, 1.165) is 24.2 Å². The van der Waals surface area contributed by atoms with Gasteiger partial charge in [0.25, 0.3) is 0 Å². The first-order valence-electron chi connectivity index (χ1n) is 9.06. The molecule has 0 spiro atoms. The van der Waals surface area contributed by atoms with Crippen molar-refractivity contribution >= 4 is 5.71 Å². The van der Waals surface area contributed by atoms with Crippen LogP contribution in [0, 0.1) is 28.6 Å². The summed E-state index contributed by atoms with van der Waals surface area (Å²) >= 11 is 0. The van der Waals surface area contributed by atoms with E-state index in [-0.39, 0.29) is 0 Å². The lowest BCUT2D eigenvalue weighted by Gasteiger charge is -2.56. The van der Waals surface area contributed by atoms with Crippen LogP contribution in [0.15, 0.2) is 16.8 Å². The topological polar surface area (TPSA) is 38.4 Å². The summed E-state index contributed by atoms with van der Waals surface area (Å²) in [5, 5.41) is 4.18. The molecule has 116 valence electrons. The fraction of sp³-hybridized carbons (Fsp3) is 0.842. The highest BCUT2D eigenvalue weighted by Crippen LogP contribution is 2.64. The Morgan fingerprint density at radius 1 is 1.05 bits per heavy atom.